The molecule has 4 rings (SSSR count). The second-order valence-corrected chi connectivity index (χ2v) is 8.60. The molecule has 154 valence electrons. The van der Waals surface area contributed by atoms with Gasteiger partial charge in [0.2, 0.25) is 0 Å². The van der Waals surface area contributed by atoms with Crippen LogP contribution in [-0.4, -0.2) is 53.3 Å². The van der Waals surface area contributed by atoms with Gasteiger partial charge in [0.15, 0.2) is 11.4 Å². The predicted molar refractivity (Wildman–Crippen MR) is 118 cm³/mol. The standard InChI is InChI=1S/C24H31N3O2/c1-4-26-12-14-27(15-13-26)23-22-20(10-16-29-22)17-21(25-23)19-7-5-18(6-8-19)9-11-24(2,3)28/h5-8,10,16-17,28H,4,9,11-15H2,1-3H3. The Labute approximate surface area is 173 Å². The van der Waals surface area contributed by atoms with Crippen molar-refractivity contribution in [3.8, 4) is 11.3 Å². The number of anilines is 1. The van der Waals surface area contributed by atoms with Crippen molar-refractivity contribution < 1.29 is 9.52 Å². The van der Waals surface area contributed by atoms with Crippen LogP contribution in [-0.2, 0) is 6.42 Å². The Balaban J connectivity index is 1.60. The van der Waals surface area contributed by atoms with Crippen LogP contribution in [0.4, 0.5) is 5.82 Å². The molecule has 1 saturated heterocycles. The van der Waals surface area contributed by atoms with Crippen LogP contribution < -0.4 is 4.90 Å². The van der Waals surface area contributed by atoms with E-state index in [0.717, 1.165) is 73.6 Å². The predicted octanol–water partition coefficient (Wildman–Crippen LogP) is 4.34. The molecule has 0 aliphatic carbocycles. The second-order valence-electron chi connectivity index (χ2n) is 8.60. The van der Waals surface area contributed by atoms with E-state index in [1.165, 1.54) is 5.56 Å². The van der Waals surface area contributed by atoms with Gasteiger partial charge in [-0.15, -0.1) is 0 Å². The molecule has 0 amide bonds. The Morgan fingerprint density at radius 2 is 1.79 bits per heavy atom. The first-order valence-electron chi connectivity index (χ1n) is 10.6. The van der Waals surface area contributed by atoms with Gasteiger partial charge in [-0.25, -0.2) is 4.98 Å². The van der Waals surface area contributed by atoms with Gasteiger partial charge in [0.25, 0.3) is 0 Å². The summed E-state index contributed by atoms with van der Waals surface area (Å²) in [6.45, 7) is 11.1. The summed E-state index contributed by atoms with van der Waals surface area (Å²) in [5, 5.41) is 11.0. The van der Waals surface area contributed by atoms with Gasteiger partial charge in [0.1, 0.15) is 0 Å². The lowest BCUT2D eigenvalue weighted by Gasteiger charge is -2.34. The van der Waals surface area contributed by atoms with Crippen LogP contribution in [0.15, 0.2) is 47.1 Å². The molecule has 1 aliphatic heterocycles. The van der Waals surface area contributed by atoms with Crippen molar-refractivity contribution in [1.29, 1.82) is 0 Å². The van der Waals surface area contributed by atoms with E-state index in [-0.39, 0.29) is 0 Å². The van der Waals surface area contributed by atoms with Crippen molar-refractivity contribution in [2.75, 3.05) is 37.6 Å². The highest BCUT2D eigenvalue weighted by Crippen LogP contribution is 2.31. The van der Waals surface area contributed by atoms with Crippen LogP contribution in [0.3, 0.4) is 0 Å². The highest BCUT2D eigenvalue weighted by atomic mass is 16.3. The molecule has 3 aromatic rings. The van der Waals surface area contributed by atoms with Crippen molar-refractivity contribution in [1.82, 2.24) is 9.88 Å². The summed E-state index contributed by atoms with van der Waals surface area (Å²) < 4.78 is 5.79. The number of nitrogens with zero attached hydrogens (tertiary/aromatic N) is 3. The molecule has 29 heavy (non-hydrogen) atoms. The van der Waals surface area contributed by atoms with Gasteiger partial charge in [0.05, 0.1) is 17.6 Å². The van der Waals surface area contributed by atoms with Crippen LogP contribution in [0.25, 0.3) is 22.2 Å². The normalized spacial score (nSPS) is 15.9. The quantitative estimate of drug-likeness (QED) is 0.675. The molecule has 1 aliphatic rings. The SMILES string of the molecule is CCN1CCN(c2nc(-c3ccc(CCC(C)(C)O)cc3)cc3ccoc23)CC1. The van der Waals surface area contributed by atoms with Gasteiger partial charge in [-0.3, -0.25) is 0 Å². The molecule has 5 nitrogen and oxygen atoms in total. The summed E-state index contributed by atoms with van der Waals surface area (Å²) >= 11 is 0. The third-order valence-electron chi connectivity index (χ3n) is 5.81. The van der Waals surface area contributed by atoms with Gasteiger partial charge < -0.3 is 19.3 Å². The summed E-state index contributed by atoms with van der Waals surface area (Å²) in [6, 6.07) is 12.7. The number of benzene rings is 1. The highest BCUT2D eigenvalue weighted by Gasteiger charge is 2.21. The second kappa shape index (κ2) is 8.17. The number of rotatable bonds is 6. The maximum atomic E-state index is 9.95. The first kappa shape index (κ1) is 19.9. The van der Waals surface area contributed by atoms with E-state index in [2.05, 4.69) is 47.1 Å². The van der Waals surface area contributed by atoms with Gasteiger partial charge in [-0.05, 0) is 50.9 Å². The van der Waals surface area contributed by atoms with E-state index >= 15 is 0 Å². The lowest BCUT2D eigenvalue weighted by molar-refractivity contribution is 0.0714. The zero-order valence-corrected chi connectivity index (χ0v) is 17.7. The third kappa shape index (κ3) is 4.62. The Morgan fingerprint density at radius 1 is 1.07 bits per heavy atom. The fourth-order valence-corrected chi connectivity index (χ4v) is 3.89. The Bertz CT molecular complexity index is 948. The average molecular weight is 394 g/mol. The molecular formula is C24H31N3O2. The number of hydrogen-bond donors (Lipinski definition) is 1. The summed E-state index contributed by atoms with van der Waals surface area (Å²) in [4.78, 5) is 9.82. The summed E-state index contributed by atoms with van der Waals surface area (Å²) in [7, 11) is 0. The van der Waals surface area contributed by atoms with Crippen LogP contribution in [0, 0.1) is 0 Å². The number of aliphatic hydroxyl groups is 1. The lowest BCUT2D eigenvalue weighted by Crippen LogP contribution is -2.46. The maximum absolute atomic E-state index is 9.95. The minimum atomic E-state index is -0.636. The van der Waals surface area contributed by atoms with Gasteiger partial charge >= 0.3 is 0 Å². The number of fused-ring (bicyclic) bond motifs is 1. The number of furan rings is 1. The Morgan fingerprint density at radius 3 is 2.45 bits per heavy atom. The zero-order valence-electron chi connectivity index (χ0n) is 17.7. The molecule has 0 atom stereocenters. The van der Waals surface area contributed by atoms with Crippen molar-refractivity contribution in [3.63, 3.8) is 0 Å². The monoisotopic (exact) mass is 393 g/mol. The summed E-state index contributed by atoms with van der Waals surface area (Å²) in [5.41, 5.74) is 3.55. The number of aromatic nitrogens is 1. The van der Waals surface area contributed by atoms with Crippen LogP contribution in [0.5, 0.6) is 0 Å². The highest BCUT2D eigenvalue weighted by molar-refractivity contribution is 5.90. The number of hydrogen-bond acceptors (Lipinski definition) is 5. The van der Waals surface area contributed by atoms with Crippen molar-refractivity contribution in [2.45, 2.75) is 39.2 Å². The largest absolute Gasteiger partial charge is 0.460 e. The van der Waals surface area contributed by atoms with E-state index < -0.39 is 5.60 Å². The topological polar surface area (TPSA) is 52.7 Å². The summed E-state index contributed by atoms with van der Waals surface area (Å²) in [5.74, 6) is 0.948. The molecule has 0 bridgehead atoms. The minimum Gasteiger partial charge on any atom is -0.460 e. The number of aryl methyl sites for hydroxylation is 1. The molecule has 0 unspecified atom stereocenters. The van der Waals surface area contributed by atoms with Crippen molar-refractivity contribution in [3.05, 3.63) is 48.2 Å². The van der Waals surface area contributed by atoms with Crippen molar-refractivity contribution >= 4 is 16.8 Å². The van der Waals surface area contributed by atoms with E-state index in [4.69, 9.17) is 9.40 Å². The maximum Gasteiger partial charge on any atom is 0.176 e. The molecular weight excluding hydrogens is 362 g/mol. The molecule has 1 aromatic carbocycles. The molecule has 0 radical (unpaired) electrons. The number of piperazine rings is 1. The lowest BCUT2D eigenvalue weighted by atomic mass is 9.98. The minimum absolute atomic E-state index is 0.636. The first-order valence-corrected chi connectivity index (χ1v) is 10.6. The zero-order chi connectivity index (χ0) is 20.4. The first-order chi connectivity index (χ1) is 13.9. The molecule has 2 aromatic heterocycles. The fourth-order valence-electron chi connectivity index (χ4n) is 3.89. The van der Waals surface area contributed by atoms with Gasteiger partial charge in [-0.1, -0.05) is 31.2 Å². The Kier molecular flexibility index (Phi) is 5.61. The third-order valence-corrected chi connectivity index (χ3v) is 5.81. The van der Waals surface area contributed by atoms with E-state index in [1.54, 1.807) is 6.26 Å². The van der Waals surface area contributed by atoms with Crippen LogP contribution in [0.1, 0.15) is 32.8 Å². The Hall–Kier alpha value is -2.37. The smallest absolute Gasteiger partial charge is 0.176 e. The van der Waals surface area contributed by atoms with Crippen LogP contribution >= 0.6 is 0 Å². The van der Waals surface area contributed by atoms with E-state index in [1.807, 2.05) is 19.9 Å². The number of pyridine rings is 1. The molecule has 1 N–H and O–H groups in total. The molecule has 3 heterocycles. The van der Waals surface area contributed by atoms with E-state index in [0.29, 0.717) is 0 Å². The van der Waals surface area contributed by atoms with Gasteiger partial charge in [0, 0.05) is 37.1 Å². The molecule has 0 spiro atoms. The van der Waals surface area contributed by atoms with Crippen molar-refractivity contribution in [2.24, 2.45) is 0 Å². The van der Waals surface area contributed by atoms with E-state index in [9.17, 15) is 5.11 Å². The number of likely N-dealkylation sites (N-methyl/N-ethyl adjacent to an activating group) is 1. The van der Waals surface area contributed by atoms with Crippen LogP contribution in [0.2, 0.25) is 0 Å². The fraction of sp³-hybridized carbons (Fsp3) is 0.458. The molecule has 5 heteroatoms. The van der Waals surface area contributed by atoms with Gasteiger partial charge in [-0.2, -0.15) is 0 Å². The molecule has 1 fully saturated rings. The summed E-state index contributed by atoms with van der Waals surface area (Å²) in [6.07, 6.45) is 3.37. The molecule has 0 saturated carbocycles. The average Bonchev–Trinajstić information content (AvgIpc) is 3.20.